The molecule has 0 aliphatic rings. The third-order valence-electron chi connectivity index (χ3n) is 2.20. The predicted molar refractivity (Wildman–Crippen MR) is 65.1 cm³/mol. The van der Waals surface area contributed by atoms with Crippen molar-refractivity contribution >= 4 is 29.2 Å². The average Bonchev–Trinajstić information content (AvgIpc) is 2.33. The van der Waals surface area contributed by atoms with E-state index in [4.69, 9.17) is 22.4 Å². The number of carbonyl (C=O) groups excluding carboxylic acids is 1. The smallest absolute Gasteiger partial charge is 0.320 e. The lowest BCUT2D eigenvalue weighted by atomic mass is 10.1. The van der Waals surface area contributed by atoms with Gasteiger partial charge in [-0.2, -0.15) is 0 Å². The lowest BCUT2D eigenvalue weighted by Gasteiger charge is -2.09. The molecule has 4 N–H and O–H groups in total. The minimum absolute atomic E-state index is 0.0410. The van der Waals surface area contributed by atoms with E-state index in [0.717, 1.165) is 6.07 Å². The van der Waals surface area contributed by atoms with Crippen LogP contribution in [0.4, 0.5) is 10.1 Å². The van der Waals surface area contributed by atoms with Gasteiger partial charge in [-0.3, -0.25) is 9.59 Å². The van der Waals surface area contributed by atoms with Crippen LogP contribution in [0.5, 0.6) is 0 Å². The molecule has 0 saturated carbocycles. The summed E-state index contributed by atoms with van der Waals surface area (Å²) in [6.45, 7) is 0. The summed E-state index contributed by atoms with van der Waals surface area (Å²) in [6, 6.07) is 2.80. The van der Waals surface area contributed by atoms with E-state index in [-0.39, 0.29) is 18.0 Å². The number of nitrogens with two attached hydrogens (primary N) is 1. The maximum atomic E-state index is 13.4. The van der Waals surface area contributed by atoms with Crippen molar-refractivity contribution in [3.63, 3.8) is 0 Å². The number of carbonyl (C=O) groups is 2. The SMILES string of the molecule is N[C@@H](Cc1ccc(F)c(NC(=O)CCl)c1)C(=O)O. The van der Waals surface area contributed by atoms with Gasteiger partial charge in [-0.1, -0.05) is 6.07 Å². The van der Waals surface area contributed by atoms with Crippen LogP contribution >= 0.6 is 11.6 Å². The second kappa shape index (κ2) is 6.32. The molecule has 1 aromatic rings. The van der Waals surface area contributed by atoms with Gasteiger partial charge in [-0.15, -0.1) is 11.6 Å². The first-order valence-electron chi connectivity index (χ1n) is 5.06. The Morgan fingerprint density at radius 2 is 2.17 bits per heavy atom. The number of amides is 1. The van der Waals surface area contributed by atoms with Gasteiger partial charge >= 0.3 is 5.97 Å². The predicted octanol–water partition coefficient (Wildman–Crippen LogP) is 0.957. The third kappa shape index (κ3) is 3.97. The van der Waals surface area contributed by atoms with Crippen molar-refractivity contribution in [1.82, 2.24) is 0 Å². The molecule has 98 valence electrons. The van der Waals surface area contributed by atoms with Gasteiger partial charge in [0.05, 0.1) is 5.69 Å². The van der Waals surface area contributed by atoms with Crippen molar-refractivity contribution in [2.75, 3.05) is 11.2 Å². The first-order chi connectivity index (χ1) is 8.43. The van der Waals surface area contributed by atoms with E-state index >= 15 is 0 Å². The molecular formula is C11H12ClFN2O3. The van der Waals surface area contributed by atoms with E-state index in [1.807, 2.05) is 0 Å². The fraction of sp³-hybridized carbons (Fsp3) is 0.273. The molecule has 0 heterocycles. The van der Waals surface area contributed by atoms with E-state index in [2.05, 4.69) is 5.32 Å². The third-order valence-corrected chi connectivity index (χ3v) is 2.44. The topological polar surface area (TPSA) is 92.4 Å². The zero-order valence-electron chi connectivity index (χ0n) is 9.32. The number of nitrogens with one attached hydrogen (secondary N) is 1. The monoisotopic (exact) mass is 274 g/mol. The molecule has 1 rings (SSSR count). The molecule has 0 aliphatic carbocycles. The van der Waals surface area contributed by atoms with Gasteiger partial charge in [0, 0.05) is 0 Å². The molecule has 18 heavy (non-hydrogen) atoms. The number of aliphatic carboxylic acids is 1. The zero-order valence-corrected chi connectivity index (χ0v) is 10.1. The Hall–Kier alpha value is -1.66. The van der Waals surface area contributed by atoms with Crippen LogP contribution in [0.15, 0.2) is 18.2 Å². The van der Waals surface area contributed by atoms with Gasteiger partial charge in [-0.25, -0.2) is 4.39 Å². The minimum Gasteiger partial charge on any atom is -0.480 e. The highest BCUT2D eigenvalue weighted by Crippen LogP contribution is 2.17. The van der Waals surface area contributed by atoms with Crippen LogP contribution in [0.2, 0.25) is 0 Å². The molecule has 0 radical (unpaired) electrons. The quantitative estimate of drug-likeness (QED) is 0.697. The summed E-state index contributed by atoms with van der Waals surface area (Å²) in [5, 5.41) is 10.9. The molecule has 0 aliphatic heterocycles. The van der Waals surface area contributed by atoms with E-state index in [0.29, 0.717) is 5.56 Å². The number of hydrogen-bond donors (Lipinski definition) is 3. The van der Waals surface area contributed by atoms with Crippen molar-refractivity contribution < 1.29 is 19.1 Å². The maximum Gasteiger partial charge on any atom is 0.320 e. The Labute approximate surface area is 108 Å². The van der Waals surface area contributed by atoms with E-state index < -0.39 is 23.7 Å². The molecule has 0 aromatic heterocycles. The van der Waals surface area contributed by atoms with Crippen LogP contribution < -0.4 is 11.1 Å². The fourth-order valence-electron chi connectivity index (χ4n) is 1.32. The van der Waals surface area contributed by atoms with Crippen LogP contribution in [-0.2, 0) is 16.0 Å². The summed E-state index contributed by atoms with van der Waals surface area (Å²) in [5.74, 6) is -2.61. The van der Waals surface area contributed by atoms with Gasteiger partial charge in [0.1, 0.15) is 17.7 Å². The summed E-state index contributed by atoms with van der Waals surface area (Å²) >= 11 is 5.29. The summed E-state index contributed by atoms with van der Waals surface area (Å²) < 4.78 is 13.4. The van der Waals surface area contributed by atoms with Crippen molar-refractivity contribution in [3.8, 4) is 0 Å². The van der Waals surface area contributed by atoms with Crippen molar-refractivity contribution in [3.05, 3.63) is 29.6 Å². The highest BCUT2D eigenvalue weighted by Gasteiger charge is 2.14. The molecule has 7 heteroatoms. The number of anilines is 1. The van der Waals surface area contributed by atoms with Gasteiger partial charge in [0.25, 0.3) is 0 Å². The van der Waals surface area contributed by atoms with Gasteiger partial charge in [0.15, 0.2) is 0 Å². The van der Waals surface area contributed by atoms with E-state index in [1.54, 1.807) is 0 Å². The number of rotatable bonds is 5. The van der Waals surface area contributed by atoms with Gasteiger partial charge in [0.2, 0.25) is 5.91 Å². The minimum atomic E-state index is -1.15. The highest BCUT2D eigenvalue weighted by atomic mass is 35.5. The van der Waals surface area contributed by atoms with Crippen LogP contribution in [0.3, 0.4) is 0 Å². The van der Waals surface area contributed by atoms with Crippen molar-refractivity contribution in [1.29, 1.82) is 0 Å². The Morgan fingerprint density at radius 3 is 2.72 bits per heavy atom. The zero-order chi connectivity index (χ0) is 13.7. The lowest BCUT2D eigenvalue weighted by Crippen LogP contribution is -2.32. The Morgan fingerprint density at radius 1 is 1.50 bits per heavy atom. The van der Waals surface area contributed by atoms with Crippen molar-refractivity contribution in [2.24, 2.45) is 5.73 Å². The standard InChI is InChI=1S/C11H12ClFN2O3/c12-5-10(16)15-9-4-6(1-2-7(9)13)3-8(14)11(17)18/h1-2,4,8H,3,5,14H2,(H,15,16)(H,17,18)/t8-/m0/s1. The summed E-state index contributed by atoms with van der Waals surface area (Å²) in [6.07, 6.45) is 0.0410. The van der Waals surface area contributed by atoms with Crippen LogP contribution in [0.25, 0.3) is 0 Å². The van der Waals surface area contributed by atoms with Crippen molar-refractivity contribution in [2.45, 2.75) is 12.5 Å². The normalized spacial score (nSPS) is 11.9. The van der Waals surface area contributed by atoms with Crippen LogP contribution in [-0.4, -0.2) is 28.9 Å². The van der Waals surface area contributed by atoms with E-state index in [1.165, 1.54) is 12.1 Å². The number of carboxylic acids is 1. The molecule has 5 nitrogen and oxygen atoms in total. The Balaban J connectivity index is 2.86. The molecule has 1 amide bonds. The fourth-order valence-corrected chi connectivity index (χ4v) is 1.39. The average molecular weight is 275 g/mol. The number of carboxylic acid groups (broad SMARTS) is 1. The molecular weight excluding hydrogens is 263 g/mol. The number of halogens is 2. The maximum absolute atomic E-state index is 13.4. The number of alkyl halides is 1. The molecule has 0 fully saturated rings. The lowest BCUT2D eigenvalue weighted by molar-refractivity contribution is -0.138. The largest absolute Gasteiger partial charge is 0.480 e. The molecule has 0 spiro atoms. The molecule has 1 aromatic carbocycles. The number of benzene rings is 1. The second-order valence-corrected chi connectivity index (χ2v) is 3.91. The number of hydrogen-bond acceptors (Lipinski definition) is 3. The molecule has 1 atom stereocenters. The van der Waals surface area contributed by atoms with Gasteiger partial charge < -0.3 is 16.2 Å². The Kier molecular flexibility index (Phi) is 5.06. The first kappa shape index (κ1) is 14.4. The molecule has 0 unspecified atom stereocenters. The van der Waals surface area contributed by atoms with Gasteiger partial charge in [-0.05, 0) is 24.1 Å². The van der Waals surface area contributed by atoms with E-state index in [9.17, 15) is 14.0 Å². The molecule has 0 bridgehead atoms. The highest BCUT2D eigenvalue weighted by molar-refractivity contribution is 6.29. The summed E-state index contributed by atoms with van der Waals surface area (Å²) in [4.78, 5) is 21.6. The Bertz CT molecular complexity index is 468. The van der Waals surface area contributed by atoms with Crippen LogP contribution in [0, 0.1) is 5.82 Å². The van der Waals surface area contributed by atoms with Crippen LogP contribution in [0.1, 0.15) is 5.56 Å². The summed E-state index contributed by atoms with van der Waals surface area (Å²) in [7, 11) is 0. The second-order valence-electron chi connectivity index (χ2n) is 3.64. The summed E-state index contributed by atoms with van der Waals surface area (Å²) in [5.41, 5.74) is 5.83. The first-order valence-corrected chi connectivity index (χ1v) is 5.60. The molecule has 0 saturated heterocycles.